The Morgan fingerprint density at radius 2 is 2.27 bits per heavy atom. The number of aryl methyl sites for hydroxylation is 3. The molecule has 1 fully saturated rings. The van der Waals surface area contributed by atoms with Crippen molar-refractivity contribution in [1.82, 2.24) is 24.9 Å². The van der Waals surface area contributed by atoms with E-state index in [0.717, 1.165) is 38.2 Å². The van der Waals surface area contributed by atoms with E-state index in [4.69, 9.17) is 4.74 Å². The predicted molar refractivity (Wildman–Crippen MR) is 84.4 cm³/mol. The molecule has 0 spiro atoms. The molecule has 2 aromatic heterocycles. The van der Waals surface area contributed by atoms with Gasteiger partial charge in [0.1, 0.15) is 6.10 Å². The summed E-state index contributed by atoms with van der Waals surface area (Å²) in [5, 5.41) is 12.4. The fraction of sp³-hybridized carbons (Fsp3) is 0.625. The summed E-state index contributed by atoms with van der Waals surface area (Å²) in [5.41, 5.74) is 3.50. The molecule has 3 rings (SSSR count). The molecule has 0 bridgehead atoms. The molecule has 1 saturated heterocycles. The first-order valence-electron chi connectivity index (χ1n) is 8.04. The van der Waals surface area contributed by atoms with Crippen molar-refractivity contribution in [2.75, 3.05) is 6.61 Å². The molecular weight excluding hydrogens is 278 g/mol. The molecule has 2 atom stereocenters. The van der Waals surface area contributed by atoms with Gasteiger partial charge in [-0.05, 0) is 26.7 Å². The quantitative estimate of drug-likeness (QED) is 0.917. The van der Waals surface area contributed by atoms with Gasteiger partial charge in [0, 0.05) is 56.3 Å². The van der Waals surface area contributed by atoms with Gasteiger partial charge in [0.2, 0.25) is 0 Å². The minimum atomic E-state index is 0.0889. The van der Waals surface area contributed by atoms with Crippen molar-refractivity contribution in [3.8, 4) is 0 Å². The molecule has 0 amide bonds. The Kier molecular flexibility index (Phi) is 4.59. The molecule has 0 aliphatic carbocycles. The predicted octanol–water partition coefficient (Wildman–Crippen LogP) is 1.95. The first-order chi connectivity index (χ1) is 10.7. The van der Waals surface area contributed by atoms with Crippen LogP contribution < -0.4 is 5.32 Å². The van der Waals surface area contributed by atoms with E-state index in [9.17, 15) is 0 Å². The van der Waals surface area contributed by atoms with E-state index in [1.54, 1.807) is 0 Å². The van der Waals surface area contributed by atoms with Gasteiger partial charge in [-0.2, -0.15) is 10.2 Å². The number of nitrogens with one attached hydrogen (secondary N) is 1. The van der Waals surface area contributed by atoms with Crippen LogP contribution in [0.15, 0.2) is 18.6 Å². The maximum atomic E-state index is 6.02. The largest absolute Gasteiger partial charge is 0.372 e. The summed E-state index contributed by atoms with van der Waals surface area (Å²) in [5.74, 6) is 0. The molecule has 1 aliphatic heterocycles. The second-order valence-electron chi connectivity index (χ2n) is 5.96. The number of aromatic nitrogens is 4. The van der Waals surface area contributed by atoms with E-state index in [2.05, 4.69) is 41.8 Å². The molecule has 3 heterocycles. The van der Waals surface area contributed by atoms with E-state index in [1.165, 1.54) is 11.1 Å². The first kappa shape index (κ1) is 15.2. The van der Waals surface area contributed by atoms with Gasteiger partial charge in [-0.3, -0.25) is 9.36 Å². The Hall–Kier alpha value is -1.66. The summed E-state index contributed by atoms with van der Waals surface area (Å²) in [6.07, 6.45) is 8.43. The summed E-state index contributed by atoms with van der Waals surface area (Å²) >= 11 is 0. The van der Waals surface area contributed by atoms with Gasteiger partial charge in [0.05, 0.1) is 11.9 Å². The zero-order chi connectivity index (χ0) is 15.5. The summed E-state index contributed by atoms with van der Waals surface area (Å²) in [6, 6.07) is 0.322. The molecule has 120 valence electrons. The fourth-order valence-corrected chi connectivity index (χ4v) is 3.08. The second-order valence-corrected chi connectivity index (χ2v) is 5.96. The first-order valence-corrected chi connectivity index (χ1v) is 8.04. The van der Waals surface area contributed by atoms with Gasteiger partial charge in [0.25, 0.3) is 0 Å². The van der Waals surface area contributed by atoms with Crippen molar-refractivity contribution < 1.29 is 4.74 Å². The van der Waals surface area contributed by atoms with Crippen molar-refractivity contribution in [3.63, 3.8) is 0 Å². The van der Waals surface area contributed by atoms with Crippen LogP contribution in [0.25, 0.3) is 0 Å². The number of hydrogen-bond acceptors (Lipinski definition) is 4. The van der Waals surface area contributed by atoms with E-state index in [0.29, 0.717) is 6.04 Å². The monoisotopic (exact) mass is 303 g/mol. The number of nitrogens with zero attached hydrogens (tertiary/aromatic N) is 4. The lowest BCUT2D eigenvalue weighted by Gasteiger charge is -2.32. The highest BCUT2D eigenvalue weighted by atomic mass is 16.5. The summed E-state index contributed by atoms with van der Waals surface area (Å²) in [4.78, 5) is 0. The van der Waals surface area contributed by atoms with Crippen LogP contribution in [0.1, 0.15) is 42.7 Å². The van der Waals surface area contributed by atoms with Crippen LogP contribution >= 0.6 is 0 Å². The molecule has 0 unspecified atom stereocenters. The summed E-state index contributed by atoms with van der Waals surface area (Å²) in [6.45, 7) is 6.69. The molecule has 1 aliphatic rings. The van der Waals surface area contributed by atoms with Crippen LogP contribution in [0.4, 0.5) is 0 Å². The van der Waals surface area contributed by atoms with Gasteiger partial charge in [-0.25, -0.2) is 0 Å². The minimum absolute atomic E-state index is 0.0889. The lowest BCUT2D eigenvalue weighted by molar-refractivity contribution is -0.0112. The molecule has 1 N–H and O–H groups in total. The summed E-state index contributed by atoms with van der Waals surface area (Å²) in [7, 11) is 1.96. The Morgan fingerprint density at radius 1 is 1.41 bits per heavy atom. The van der Waals surface area contributed by atoms with Crippen LogP contribution in [-0.4, -0.2) is 32.2 Å². The van der Waals surface area contributed by atoms with Crippen molar-refractivity contribution in [2.45, 2.75) is 51.9 Å². The third kappa shape index (κ3) is 3.23. The standard InChI is InChI=1S/C16H25N5O/c1-4-21-11-14(9-18-21)16-15(6-5-7-22-16)17-8-13-10-20(3)19-12(13)2/h9-11,15-17H,4-8H2,1-3H3/t15-,16+/m0/s1. The lowest BCUT2D eigenvalue weighted by Crippen LogP contribution is -2.39. The highest BCUT2D eigenvalue weighted by Crippen LogP contribution is 2.28. The van der Waals surface area contributed by atoms with Gasteiger partial charge in [-0.15, -0.1) is 0 Å². The normalized spacial score (nSPS) is 22.1. The zero-order valence-corrected chi connectivity index (χ0v) is 13.6. The molecule has 2 aromatic rings. The highest BCUT2D eigenvalue weighted by Gasteiger charge is 2.28. The van der Waals surface area contributed by atoms with E-state index in [-0.39, 0.29) is 6.10 Å². The Labute approximate surface area is 131 Å². The molecule has 6 nitrogen and oxygen atoms in total. The van der Waals surface area contributed by atoms with Gasteiger partial charge in [0.15, 0.2) is 0 Å². The zero-order valence-electron chi connectivity index (χ0n) is 13.6. The van der Waals surface area contributed by atoms with Gasteiger partial charge in [-0.1, -0.05) is 0 Å². The van der Waals surface area contributed by atoms with Crippen molar-refractivity contribution in [3.05, 3.63) is 35.4 Å². The van der Waals surface area contributed by atoms with Gasteiger partial charge >= 0.3 is 0 Å². The second kappa shape index (κ2) is 6.62. The Bertz CT molecular complexity index is 618. The van der Waals surface area contributed by atoms with Crippen LogP contribution in [0.2, 0.25) is 0 Å². The minimum Gasteiger partial charge on any atom is -0.372 e. The maximum Gasteiger partial charge on any atom is 0.101 e. The molecular formula is C16H25N5O. The van der Waals surface area contributed by atoms with E-state index in [1.807, 2.05) is 22.6 Å². The van der Waals surface area contributed by atoms with Crippen LogP contribution in [0.5, 0.6) is 0 Å². The number of rotatable bonds is 5. The third-order valence-electron chi connectivity index (χ3n) is 4.30. The number of ether oxygens (including phenoxy) is 1. The molecule has 22 heavy (non-hydrogen) atoms. The molecule has 0 radical (unpaired) electrons. The molecule has 0 saturated carbocycles. The maximum absolute atomic E-state index is 6.02. The average Bonchev–Trinajstić information content (AvgIpc) is 3.12. The Balaban J connectivity index is 1.68. The van der Waals surface area contributed by atoms with Crippen molar-refractivity contribution in [2.24, 2.45) is 7.05 Å². The van der Waals surface area contributed by atoms with Crippen molar-refractivity contribution in [1.29, 1.82) is 0 Å². The van der Waals surface area contributed by atoms with E-state index >= 15 is 0 Å². The van der Waals surface area contributed by atoms with Crippen molar-refractivity contribution >= 4 is 0 Å². The van der Waals surface area contributed by atoms with Gasteiger partial charge < -0.3 is 10.1 Å². The number of hydrogen-bond donors (Lipinski definition) is 1. The summed E-state index contributed by atoms with van der Waals surface area (Å²) < 4.78 is 9.84. The van der Waals surface area contributed by atoms with Crippen LogP contribution in [0, 0.1) is 6.92 Å². The SMILES string of the molecule is CCn1cc([C@H]2OCCC[C@@H]2NCc2cn(C)nc2C)cn1. The van der Waals surface area contributed by atoms with E-state index < -0.39 is 0 Å². The molecule has 0 aromatic carbocycles. The smallest absolute Gasteiger partial charge is 0.101 e. The van der Waals surface area contributed by atoms with Crippen LogP contribution in [-0.2, 0) is 24.9 Å². The third-order valence-corrected chi connectivity index (χ3v) is 4.30. The van der Waals surface area contributed by atoms with Crippen LogP contribution in [0.3, 0.4) is 0 Å². The molecule has 6 heteroatoms. The lowest BCUT2D eigenvalue weighted by atomic mass is 9.98. The fourth-order valence-electron chi connectivity index (χ4n) is 3.08. The average molecular weight is 303 g/mol. The topological polar surface area (TPSA) is 56.9 Å². The Morgan fingerprint density at radius 3 is 2.95 bits per heavy atom. The highest BCUT2D eigenvalue weighted by molar-refractivity contribution is 5.16.